The maximum Gasteiger partial charge on any atom is 0.212 e. The van der Waals surface area contributed by atoms with E-state index in [1.165, 1.54) is 4.90 Å². The van der Waals surface area contributed by atoms with Crippen LogP contribution in [-0.4, -0.2) is 15.8 Å². The largest absolute Gasteiger partial charge is 0.325 e. The highest BCUT2D eigenvalue weighted by atomic mass is 32.2. The zero-order chi connectivity index (χ0) is 14.7. The molecule has 0 fully saturated rings. The first-order valence-electron chi connectivity index (χ1n) is 6.79. The standard InChI is InChI=1S/C17H17N3S/c1-13-12-20(15-6-4-3-5-7-15)17(18-13)19-14-8-10-16(21-2)11-9-14/h3-12H,1-2H3,(H,18,19). The number of thioether (sulfide) groups is 1. The van der Waals surface area contributed by atoms with E-state index in [1.807, 2.05) is 31.3 Å². The normalized spacial score (nSPS) is 10.6. The van der Waals surface area contributed by atoms with E-state index < -0.39 is 0 Å². The predicted octanol–water partition coefficient (Wildman–Crippen LogP) is 4.65. The molecule has 3 rings (SSSR count). The van der Waals surface area contributed by atoms with Gasteiger partial charge in [-0.05, 0) is 49.6 Å². The minimum Gasteiger partial charge on any atom is -0.325 e. The number of aryl methyl sites for hydroxylation is 1. The van der Waals surface area contributed by atoms with Crippen LogP contribution in [0.5, 0.6) is 0 Å². The monoisotopic (exact) mass is 295 g/mol. The van der Waals surface area contributed by atoms with E-state index in [0.29, 0.717) is 0 Å². The van der Waals surface area contributed by atoms with Gasteiger partial charge < -0.3 is 5.32 Å². The number of anilines is 2. The minimum absolute atomic E-state index is 0.829. The maximum atomic E-state index is 4.57. The van der Waals surface area contributed by atoms with E-state index in [1.54, 1.807) is 11.8 Å². The molecule has 0 radical (unpaired) electrons. The molecule has 0 bridgehead atoms. The Morgan fingerprint density at radius 3 is 2.38 bits per heavy atom. The molecule has 106 valence electrons. The van der Waals surface area contributed by atoms with Gasteiger partial charge in [-0.15, -0.1) is 11.8 Å². The molecule has 3 aromatic rings. The summed E-state index contributed by atoms with van der Waals surface area (Å²) in [6.07, 6.45) is 4.11. The van der Waals surface area contributed by atoms with Crippen LogP contribution < -0.4 is 5.32 Å². The Bertz CT molecular complexity index is 718. The fraction of sp³-hybridized carbons (Fsp3) is 0.118. The number of rotatable bonds is 4. The van der Waals surface area contributed by atoms with Gasteiger partial charge in [0, 0.05) is 22.5 Å². The minimum atomic E-state index is 0.829. The van der Waals surface area contributed by atoms with Crippen molar-refractivity contribution in [3.05, 3.63) is 66.5 Å². The van der Waals surface area contributed by atoms with Crippen molar-refractivity contribution in [3.63, 3.8) is 0 Å². The third-order valence-electron chi connectivity index (χ3n) is 3.21. The number of benzene rings is 2. The van der Waals surface area contributed by atoms with Crippen molar-refractivity contribution >= 4 is 23.4 Å². The quantitative estimate of drug-likeness (QED) is 0.711. The van der Waals surface area contributed by atoms with Gasteiger partial charge in [0.05, 0.1) is 5.69 Å². The summed E-state index contributed by atoms with van der Waals surface area (Å²) >= 11 is 1.74. The second kappa shape index (κ2) is 6.06. The molecule has 0 saturated heterocycles. The fourth-order valence-corrected chi connectivity index (χ4v) is 2.58. The predicted molar refractivity (Wildman–Crippen MR) is 89.8 cm³/mol. The molecule has 0 aliphatic rings. The summed E-state index contributed by atoms with van der Waals surface area (Å²) in [5.74, 6) is 0.829. The SMILES string of the molecule is CSc1ccc(Nc2nc(C)cn2-c2ccccc2)cc1. The van der Waals surface area contributed by atoms with Gasteiger partial charge in [-0.1, -0.05) is 18.2 Å². The molecule has 0 aliphatic heterocycles. The Hall–Kier alpha value is -2.20. The highest BCUT2D eigenvalue weighted by molar-refractivity contribution is 7.98. The summed E-state index contributed by atoms with van der Waals surface area (Å²) in [6.45, 7) is 2.00. The van der Waals surface area contributed by atoms with Gasteiger partial charge in [0.15, 0.2) is 0 Å². The van der Waals surface area contributed by atoms with Gasteiger partial charge in [0.25, 0.3) is 0 Å². The fourth-order valence-electron chi connectivity index (χ4n) is 2.17. The van der Waals surface area contributed by atoms with Crippen molar-refractivity contribution in [2.24, 2.45) is 0 Å². The van der Waals surface area contributed by atoms with Gasteiger partial charge in [-0.25, -0.2) is 4.98 Å². The molecule has 0 atom stereocenters. The lowest BCUT2D eigenvalue weighted by Gasteiger charge is -2.10. The van der Waals surface area contributed by atoms with Crippen molar-refractivity contribution in [1.82, 2.24) is 9.55 Å². The lowest BCUT2D eigenvalue weighted by molar-refractivity contribution is 1.06. The summed E-state index contributed by atoms with van der Waals surface area (Å²) in [5, 5.41) is 3.39. The van der Waals surface area contributed by atoms with Crippen molar-refractivity contribution in [2.45, 2.75) is 11.8 Å². The Labute approximate surface area is 129 Å². The third kappa shape index (κ3) is 3.11. The molecular formula is C17H17N3S. The molecule has 1 heterocycles. The van der Waals surface area contributed by atoms with Gasteiger partial charge in [-0.2, -0.15) is 0 Å². The molecular weight excluding hydrogens is 278 g/mol. The van der Waals surface area contributed by atoms with Crippen LogP contribution >= 0.6 is 11.8 Å². The number of hydrogen-bond acceptors (Lipinski definition) is 3. The van der Waals surface area contributed by atoms with E-state index in [0.717, 1.165) is 23.0 Å². The molecule has 21 heavy (non-hydrogen) atoms. The molecule has 4 heteroatoms. The van der Waals surface area contributed by atoms with E-state index >= 15 is 0 Å². The summed E-state index contributed by atoms with van der Waals surface area (Å²) in [5.41, 5.74) is 3.12. The highest BCUT2D eigenvalue weighted by Gasteiger charge is 2.07. The van der Waals surface area contributed by atoms with Crippen LogP contribution in [0, 0.1) is 6.92 Å². The molecule has 0 amide bonds. The van der Waals surface area contributed by atoms with Crippen LogP contribution in [0.4, 0.5) is 11.6 Å². The number of nitrogens with zero attached hydrogens (tertiary/aromatic N) is 2. The smallest absolute Gasteiger partial charge is 0.212 e. The van der Waals surface area contributed by atoms with E-state index in [9.17, 15) is 0 Å². The summed E-state index contributed by atoms with van der Waals surface area (Å²) < 4.78 is 2.07. The Morgan fingerprint density at radius 2 is 1.71 bits per heavy atom. The first kappa shape index (κ1) is 13.8. The van der Waals surface area contributed by atoms with Crippen LogP contribution in [-0.2, 0) is 0 Å². The average Bonchev–Trinajstić information content (AvgIpc) is 2.89. The molecule has 1 N–H and O–H groups in total. The molecule has 0 spiro atoms. The summed E-state index contributed by atoms with van der Waals surface area (Å²) in [4.78, 5) is 5.82. The van der Waals surface area contributed by atoms with Crippen molar-refractivity contribution < 1.29 is 0 Å². The second-order valence-electron chi connectivity index (χ2n) is 4.76. The van der Waals surface area contributed by atoms with E-state index in [4.69, 9.17) is 0 Å². The Balaban J connectivity index is 1.92. The van der Waals surface area contributed by atoms with Crippen molar-refractivity contribution in [2.75, 3.05) is 11.6 Å². The highest BCUT2D eigenvalue weighted by Crippen LogP contribution is 2.22. The second-order valence-corrected chi connectivity index (χ2v) is 5.64. The zero-order valence-electron chi connectivity index (χ0n) is 12.1. The molecule has 0 saturated carbocycles. The van der Waals surface area contributed by atoms with Crippen molar-refractivity contribution in [1.29, 1.82) is 0 Å². The first-order valence-corrected chi connectivity index (χ1v) is 8.01. The van der Waals surface area contributed by atoms with Gasteiger partial charge in [0.2, 0.25) is 5.95 Å². The van der Waals surface area contributed by atoms with Crippen molar-refractivity contribution in [3.8, 4) is 5.69 Å². The Morgan fingerprint density at radius 1 is 1.00 bits per heavy atom. The first-order chi connectivity index (χ1) is 10.3. The number of para-hydroxylation sites is 1. The third-order valence-corrected chi connectivity index (χ3v) is 3.95. The number of imidazole rings is 1. The number of nitrogens with one attached hydrogen (secondary N) is 1. The van der Waals surface area contributed by atoms with E-state index in [2.05, 4.69) is 57.5 Å². The molecule has 3 nitrogen and oxygen atoms in total. The zero-order valence-corrected chi connectivity index (χ0v) is 12.9. The molecule has 1 aromatic heterocycles. The lowest BCUT2D eigenvalue weighted by Crippen LogP contribution is -2.00. The average molecular weight is 295 g/mol. The summed E-state index contributed by atoms with van der Waals surface area (Å²) in [6, 6.07) is 18.6. The van der Waals surface area contributed by atoms with Gasteiger partial charge in [0.1, 0.15) is 0 Å². The van der Waals surface area contributed by atoms with Crippen LogP contribution in [0.15, 0.2) is 65.7 Å². The topological polar surface area (TPSA) is 29.9 Å². The van der Waals surface area contributed by atoms with Crippen LogP contribution in [0.2, 0.25) is 0 Å². The molecule has 2 aromatic carbocycles. The van der Waals surface area contributed by atoms with Gasteiger partial charge in [-0.3, -0.25) is 4.57 Å². The van der Waals surface area contributed by atoms with Crippen LogP contribution in [0.25, 0.3) is 5.69 Å². The summed E-state index contributed by atoms with van der Waals surface area (Å²) in [7, 11) is 0. The number of hydrogen-bond donors (Lipinski definition) is 1. The molecule has 0 unspecified atom stereocenters. The molecule has 0 aliphatic carbocycles. The van der Waals surface area contributed by atoms with Crippen LogP contribution in [0.1, 0.15) is 5.69 Å². The number of aromatic nitrogens is 2. The van der Waals surface area contributed by atoms with Gasteiger partial charge >= 0.3 is 0 Å². The maximum absolute atomic E-state index is 4.57. The van der Waals surface area contributed by atoms with Crippen LogP contribution in [0.3, 0.4) is 0 Å². The lowest BCUT2D eigenvalue weighted by atomic mass is 10.3. The Kier molecular flexibility index (Phi) is 3.97. The van der Waals surface area contributed by atoms with E-state index in [-0.39, 0.29) is 0 Å².